The molecule has 1 saturated heterocycles. The zero-order chi connectivity index (χ0) is 13.8. The third kappa shape index (κ3) is 3.03. The normalized spacial score (nSPS) is 17.1. The minimum atomic E-state index is -0.318. The molecule has 0 atom stereocenters. The maximum absolute atomic E-state index is 11.9. The maximum Gasteiger partial charge on any atom is 0.294 e. The van der Waals surface area contributed by atoms with Crippen molar-refractivity contribution in [3.05, 3.63) is 34.7 Å². The van der Waals surface area contributed by atoms with Crippen LogP contribution in [0.5, 0.6) is 0 Å². The van der Waals surface area contributed by atoms with E-state index in [4.69, 9.17) is 6.42 Å². The standard InChI is InChI=1S/C14H11NO2S2/c1-3-8-15-13(16)12(19-14(15)17)9-10-4-6-11(18-2)7-5-10/h1,4-7,9H,8H2,2H3/b12-9+. The average molecular weight is 289 g/mol. The van der Waals surface area contributed by atoms with Crippen LogP contribution in [0.2, 0.25) is 0 Å². The Morgan fingerprint density at radius 2 is 2.05 bits per heavy atom. The lowest BCUT2D eigenvalue weighted by molar-refractivity contribution is -0.122. The molecule has 1 aliphatic rings. The predicted molar refractivity (Wildman–Crippen MR) is 79.7 cm³/mol. The highest BCUT2D eigenvalue weighted by Crippen LogP contribution is 2.32. The second kappa shape index (κ2) is 6.00. The summed E-state index contributed by atoms with van der Waals surface area (Å²) in [6.45, 7) is 0.0212. The highest BCUT2D eigenvalue weighted by Gasteiger charge is 2.34. The van der Waals surface area contributed by atoms with Crippen LogP contribution in [0.25, 0.3) is 6.08 Å². The Balaban J connectivity index is 2.22. The fraction of sp³-hybridized carbons (Fsp3) is 0.143. The van der Waals surface area contributed by atoms with Crippen molar-refractivity contribution >= 4 is 40.7 Å². The summed E-state index contributed by atoms with van der Waals surface area (Å²) in [6, 6.07) is 7.78. The third-order valence-corrected chi connectivity index (χ3v) is 4.19. The summed E-state index contributed by atoms with van der Waals surface area (Å²) < 4.78 is 0. The molecule has 1 aliphatic heterocycles. The summed E-state index contributed by atoms with van der Waals surface area (Å²) in [4.78, 5) is 26.2. The minimum absolute atomic E-state index is 0.0212. The van der Waals surface area contributed by atoms with E-state index in [0.29, 0.717) is 4.91 Å². The molecule has 0 aromatic heterocycles. The molecule has 0 aliphatic carbocycles. The Labute approximate surface area is 120 Å². The molecule has 2 amide bonds. The minimum Gasteiger partial charge on any atom is -0.268 e. The van der Waals surface area contributed by atoms with Gasteiger partial charge in [-0.25, -0.2) is 0 Å². The number of rotatable bonds is 3. The van der Waals surface area contributed by atoms with Gasteiger partial charge in [0, 0.05) is 4.90 Å². The summed E-state index contributed by atoms with van der Waals surface area (Å²) in [5.41, 5.74) is 0.893. The Morgan fingerprint density at radius 3 is 2.63 bits per heavy atom. The number of carbonyl (C=O) groups is 2. The fourth-order valence-electron chi connectivity index (χ4n) is 1.58. The molecule has 5 heteroatoms. The van der Waals surface area contributed by atoms with Crippen LogP contribution in [0.1, 0.15) is 5.56 Å². The van der Waals surface area contributed by atoms with Crippen molar-refractivity contribution in [3.8, 4) is 12.3 Å². The smallest absolute Gasteiger partial charge is 0.268 e. The van der Waals surface area contributed by atoms with Crippen LogP contribution in [-0.4, -0.2) is 28.8 Å². The quantitative estimate of drug-likeness (QED) is 0.487. The van der Waals surface area contributed by atoms with E-state index in [1.165, 1.54) is 0 Å². The predicted octanol–water partition coefficient (Wildman–Crippen LogP) is 3.08. The molecule has 1 aromatic rings. The molecular weight excluding hydrogens is 278 g/mol. The molecule has 96 valence electrons. The molecule has 1 heterocycles. The van der Waals surface area contributed by atoms with Gasteiger partial charge >= 0.3 is 0 Å². The molecule has 0 N–H and O–H groups in total. The van der Waals surface area contributed by atoms with Gasteiger partial charge in [-0.3, -0.25) is 14.5 Å². The summed E-state index contributed by atoms with van der Waals surface area (Å²) in [6.07, 6.45) is 8.85. The molecule has 3 nitrogen and oxygen atoms in total. The Bertz CT molecular complexity index is 584. The topological polar surface area (TPSA) is 37.4 Å². The number of hydrogen-bond acceptors (Lipinski definition) is 4. The van der Waals surface area contributed by atoms with E-state index in [9.17, 15) is 9.59 Å². The van der Waals surface area contributed by atoms with Gasteiger partial charge < -0.3 is 0 Å². The van der Waals surface area contributed by atoms with Gasteiger partial charge in [0.05, 0.1) is 11.4 Å². The van der Waals surface area contributed by atoms with Gasteiger partial charge in [-0.15, -0.1) is 18.2 Å². The van der Waals surface area contributed by atoms with Crippen LogP contribution in [0.15, 0.2) is 34.1 Å². The lowest BCUT2D eigenvalue weighted by Crippen LogP contribution is -2.28. The van der Waals surface area contributed by atoms with Crippen LogP contribution in [0, 0.1) is 12.3 Å². The van der Waals surface area contributed by atoms with E-state index >= 15 is 0 Å². The Kier molecular flexibility index (Phi) is 4.35. The van der Waals surface area contributed by atoms with Crippen LogP contribution >= 0.6 is 23.5 Å². The number of carbonyl (C=O) groups excluding carboxylic acids is 2. The highest BCUT2D eigenvalue weighted by molar-refractivity contribution is 8.18. The van der Waals surface area contributed by atoms with Crippen molar-refractivity contribution in [1.82, 2.24) is 4.90 Å². The molecule has 1 fully saturated rings. The first-order valence-electron chi connectivity index (χ1n) is 5.48. The van der Waals surface area contributed by atoms with E-state index < -0.39 is 0 Å². The molecule has 1 aromatic carbocycles. The van der Waals surface area contributed by atoms with E-state index in [1.54, 1.807) is 17.8 Å². The lowest BCUT2D eigenvalue weighted by atomic mass is 10.2. The molecule has 0 bridgehead atoms. The number of amides is 2. The average Bonchev–Trinajstić information content (AvgIpc) is 2.68. The van der Waals surface area contributed by atoms with Crippen LogP contribution in [-0.2, 0) is 4.79 Å². The summed E-state index contributed by atoms with van der Waals surface area (Å²) in [5, 5.41) is -0.310. The van der Waals surface area contributed by atoms with Gasteiger partial charge in [0.1, 0.15) is 0 Å². The fourth-order valence-corrected chi connectivity index (χ4v) is 2.83. The number of benzene rings is 1. The second-order valence-corrected chi connectivity index (χ2v) is 5.62. The number of imide groups is 1. The number of hydrogen-bond donors (Lipinski definition) is 0. The molecule has 0 saturated carbocycles. The van der Waals surface area contributed by atoms with Crippen LogP contribution < -0.4 is 0 Å². The van der Waals surface area contributed by atoms with E-state index in [0.717, 1.165) is 27.1 Å². The largest absolute Gasteiger partial charge is 0.294 e. The number of terminal acetylenes is 1. The Morgan fingerprint density at radius 1 is 1.37 bits per heavy atom. The lowest BCUT2D eigenvalue weighted by Gasteiger charge is -2.06. The first-order chi connectivity index (χ1) is 9.15. The zero-order valence-electron chi connectivity index (χ0n) is 10.3. The monoisotopic (exact) mass is 289 g/mol. The number of nitrogens with zero attached hydrogens (tertiary/aromatic N) is 1. The van der Waals surface area contributed by atoms with E-state index in [-0.39, 0.29) is 17.7 Å². The van der Waals surface area contributed by atoms with Gasteiger partial charge in [0.15, 0.2) is 0 Å². The highest BCUT2D eigenvalue weighted by atomic mass is 32.2. The van der Waals surface area contributed by atoms with Crippen molar-refractivity contribution in [1.29, 1.82) is 0 Å². The first-order valence-corrected chi connectivity index (χ1v) is 7.52. The molecular formula is C14H11NO2S2. The molecule has 2 rings (SSSR count). The van der Waals surface area contributed by atoms with Gasteiger partial charge in [0.2, 0.25) is 0 Å². The van der Waals surface area contributed by atoms with E-state index in [1.807, 2.05) is 30.5 Å². The maximum atomic E-state index is 11.9. The van der Waals surface area contributed by atoms with Crippen LogP contribution in [0.3, 0.4) is 0 Å². The van der Waals surface area contributed by atoms with Crippen molar-refractivity contribution in [2.45, 2.75) is 4.90 Å². The van der Waals surface area contributed by atoms with Crippen molar-refractivity contribution in [2.75, 3.05) is 12.8 Å². The summed E-state index contributed by atoms with van der Waals surface area (Å²) >= 11 is 2.58. The summed E-state index contributed by atoms with van der Waals surface area (Å²) in [5.74, 6) is 1.99. The van der Waals surface area contributed by atoms with E-state index in [2.05, 4.69) is 5.92 Å². The van der Waals surface area contributed by atoms with Crippen LogP contribution in [0.4, 0.5) is 4.79 Å². The molecule has 0 radical (unpaired) electrons. The van der Waals surface area contributed by atoms with Gasteiger partial charge in [-0.2, -0.15) is 0 Å². The first kappa shape index (κ1) is 13.8. The van der Waals surface area contributed by atoms with Crippen molar-refractivity contribution < 1.29 is 9.59 Å². The molecule has 19 heavy (non-hydrogen) atoms. The zero-order valence-corrected chi connectivity index (χ0v) is 11.9. The van der Waals surface area contributed by atoms with Crippen molar-refractivity contribution in [2.24, 2.45) is 0 Å². The van der Waals surface area contributed by atoms with Gasteiger partial charge in [-0.05, 0) is 41.8 Å². The second-order valence-electron chi connectivity index (χ2n) is 3.75. The number of thioether (sulfide) groups is 2. The van der Waals surface area contributed by atoms with Gasteiger partial charge in [0.25, 0.3) is 11.1 Å². The molecule has 0 spiro atoms. The molecule has 0 unspecified atom stereocenters. The summed E-state index contributed by atoms with van der Waals surface area (Å²) in [7, 11) is 0. The van der Waals surface area contributed by atoms with Crippen molar-refractivity contribution in [3.63, 3.8) is 0 Å². The Hall–Kier alpha value is -1.64. The third-order valence-electron chi connectivity index (χ3n) is 2.54. The SMILES string of the molecule is C#CCN1C(=O)S/C(=C/c2ccc(SC)cc2)C1=O. The van der Waals surface area contributed by atoms with Gasteiger partial charge in [-0.1, -0.05) is 18.1 Å².